The second kappa shape index (κ2) is 10.3. The monoisotopic (exact) mass is 463 g/mol. The number of nitrogens with zero attached hydrogens (tertiary/aromatic N) is 1. The molecule has 1 heterocycles. The molecule has 1 fully saturated rings. The molecule has 0 bridgehead atoms. The lowest BCUT2D eigenvalue weighted by Gasteiger charge is -2.29. The Balaban J connectivity index is 1.32. The molecule has 0 spiro atoms. The number of aryl methyl sites for hydroxylation is 1. The third-order valence-electron chi connectivity index (χ3n) is 5.84. The molecule has 34 heavy (non-hydrogen) atoms. The first-order chi connectivity index (χ1) is 16.4. The van der Waals surface area contributed by atoms with Crippen molar-refractivity contribution in [1.29, 1.82) is 0 Å². The summed E-state index contributed by atoms with van der Waals surface area (Å²) in [4.78, 5) is 29.6. The van der Waals surface area contributed by atoms with Crippen molar-refractivity contribution in [1.82, 2.24) is 15.6 Å². The van der Waals surface area contributed by atoms with Crippen molar-refractivity contribution in [3.05, 3.63) is 83.3 Å². The maximum atomic E-state index is 13.1. The van der Waals surface area contributed by atoms with Crippen molar-refractivity contribution in [3.8, 4) is 17.4 Å². The number of nitrogens with one attached hydrogen (secondary N) is 2. The first kappa shape index (κ1) is 23.2. The van der Waals surface area contributed by atoms with E-state index < -0.39 is 0 Å². The van der Waals surface area contributed by atoms with E-state index in [0.29, 0.717) is 31.4 Å². The summed E-state index contributed by atoms with van der Waals surface area (Å²) in [6.45, 7) is 1.85. The van der Waals surface area contributed by atoms with Crippen LogP contribution in [0.5, 0.6) is 17.4 Å². The number of carbonyl (C=O) groups is 2. The molecule has 2 amide bonds. The molecule has 0 aliphatic heterocycles. The van der Waals surface area contributed by atoms with E-state index in [1.165, 1.54) is 30.5 Å². The van der Waals surface area contributed by atoms with E-state index in [2.05, 4.69) is 15.6 Å². The Kier molecular flexibility index (Phi) is 7.06. The van der Waals surface area contributed by atoms with Crippen LogP contribution >= 0.6 is 0 Å². The minimum Gasteiger partial charge on any atom is -0.507 e. The largest absolute Gasteiger partial charge is 0.507 e. The number of pyridine rings is 1. The van der Waals surface area contributed by atoms with Crippen LogP contribution in [0.4, 0.5) is 4.39 Å². The minimum atomic E-state index is -0.381. The van der Waals surface area contributed by atoms with Gasteiger partial charge in [-0.1, -0.05) is 6.07 Å². The van der Waals surface area contributed by atoms with E-state index in [1.54, 1.807) is 30.3 Å². The molecular weight excluding hydrogens is 437 g/mol. The fourth-order valence-corrected chi connectivity index (χ4v) is 4.00. The molecule has 4 rings (SSSR count). The molecule has 1 aliphatic rings. The number of carbonyl (C=O) groups excluding carboxylic acids is 2. The van der Waals surface area contributed by atoms with Gasteiger partial charge in [0.25, 0.3) is 11.8 Å². The maximum absolute atomic E-state index is 13.1. The van der Waals surface area contributed by atoms with Gasteiger partial charge in [0.15, 0.2) is 0 Å². The average Bonchev–Trinajstić information content (AvgIpc) is 2.82. The van der Waals surface area contributed by atoms with Gasteiger partial charge < -0.3 is 20.5 Å². The molecule has 1 aromatic heterocycles. The number of halogens is 1. The fourth-order valence-electron chi connectivity index (χ4n) is 4.00. The fraction of sp³-hybridized carbons (Fsp3) is 0.269. The van der Waals surface area contributed by atoms with Crippen molar-refractivity contribution >= 4 is 11.8 Å². The van der Waals surface area contributed by atoms with Crippen LogP contribution in [0.25, 0.3) is 0 Å². The summed E-state index contributed by atoms with van der Waals surface area (Å²) in [7, 11) is 0. The van der Waals surface area contributed by atoms with E-state index in [-0.39, 0.29) is 52.5 Å². The molecule has 8 heteroatoms. The summed E-state index contributed by atoms with van der Waals surface area (Å²) in [5, 5.41) is 16.0. The third kappa shape index (κ3) is 5.70. The van der Waals surface area contributed by atoms with Crippen molar-refractivity contribution in [3.63, 3.8) is 0 Å². The number of hydrogen-bond donors (Lipinski definition) is 3. The predicted octanol–water partition coefficient (Wildman–Crippen LogP) is 4.50. The highest BCUT2D eigenvalue weighted by Crippen LogP contribution is 2.25. The molecule has 0 unspecified atom stereocenters. The number of aromatic nitrogens is 1. The normalized spacial score (nSPS) is 17.6. The predicted molar refractivity (Wildman–Crippen MR) is 125 cm³/mol. The summed E-state index contributed by atoms with van der Waals surface area (Å²) < 4.78 is 18.8. The van der Waals surface area contributed by atoms with Gasteiger partial charge in [0.2, 0.25) is 5.88 Å². The van der Waals surface area contributed by atoms with Gasteiger partial charge in [-0.15, -0.1) is 0 Å². The average molecular weight is 464 g/mol. The third-order valence-corrected chi connectivity index (χ3v) is 5.84. The Hall–Kier alpha value is -3.94. The highest BCUT2D eigenvalue weighted by molar-refractivity contribution is 5.97. The number of rotatable bonds is 6. The zero-order valence-corrected chi connectivity index (χ0v) is 18.8. The first-order valence-electron chi connectivity index (χ1n) is 11.2. The SMILES string of the molecule is Cc1ccc(C(=O)NC2CCC(NC(=O)c3cccnc3Oc3ccc(F)cc3)CC2)c(O)c1. The molecule has 0 atom stereocenters. The van der Waals surface area contributed by atoms with Crippen LogP contribution in [-0.4, -0.2) is 34.0 Å². The standard InChI is InChI=1S/C26H26FN3O4/c1-16-4-13-21(23(31)15-16)24(32)29-18-7-9-19(10-8-18)30-25(33)22-3-2-14-28-26(22)34-20-11-5-17(27)6-12-20/h2-6,11-15,18-19,31H,7-10H2,1H3,(H,29,32)(H,30,33). The molecule has 3 N–H and O–H groups in total. The second-order valence-corrected chi connectivity index (χ2v) is 8.43. The van der Waals surface area contributed by atoms with E-state index in [9.17, 15) is 19.1 Å². The number of phenols is 1. The maximum Gasteiger partial charge on any atom is 0.257 e. The number of hydrogen-bond acceptors (Lipinski definition) is 5. The molecule has 0 radical (unpaired) electrons. The van der Waals surface area contributed by atoms with E-state index in [1.807, 2.05) is 6.92 Å². The van der Waals surface area contributed by atoms with Gasteiger partial charge in [0, 0.05) is 18.3 Å². The van der Waals surface area contributed by atoms with Crippen molar-refractivity contribution in [2.24, 2.45) is 0 Å². The highest BCUT2D eigenvalue weighted by Gasteiger charge is 2.26. The number of phenolic OH excluding ortho intramolecular Hbond substituents is 1. The number of amides is 2. The summed E-state index contributed by atoms with van der Waals surface area (Å²) >= 11 is 0. The van der Waals surface area contributed by atoms with Crippen molar-refractivity contribution in [2.45, 2.75) is 44.7 Å². The highest BCUT2D eigenvalue weighted by atomic mass is 19.1. The number of aromatic hydroxyl groups is 1. The van der Waals surface area contributed by atoms with E-state index >= 15 is 0 Å². The Labute approximate surface area is 197 Å². The lowest BCUT2D eigenvalue weighted by Crippen LogP contribution is -2.43. The Morgan fingerprint density at radius 3 is 2.18 bits per heavy atom. The second-order valence-electron chi connectivity index (χ2n) is 8.43. The summed E-state index contributed by atoms with van der Waals surface area (Å²) in [5.41, 5.74) is 1.42. The van der Waals surface area contributed by atoms with E-state index in [4.69, 9.17) is 4.74 Å². The van der Waals surface area contributed by atoms with Crippen LogP contribution in [0.2, 0.25) is 0 Å². The van der Waals surface area contributed by atoms with Gasteiger partial charge >= 0.3 is 0 Å². The summed E-state index contributed by atoms with van der Waals surface area (Å²) in [6, 6.07) is 13.7. The van der Waals surface area contributed by atoms with Crippen molar-refractivity contribution < 1.29 is 23.8 Å². The number of benzene rings is 2. The van der Waals surface area contributed by atoms with Crippen LogP contribution < -0.4 is 15.4 Å². The zero-order valence-electron chi connectivity index (χ0n) is 18.8. The topological polar surface area (TPSA) is 101 Å². The quantitative estimate of drug-likeness (QED) is 0.500. The summed E-state index contributed by atoms with van der Waals surface area (Å²) in [6.07, 6.45) is 4.33. The Morgan fingerprint density at radius 2 is 1.56 bits per heavy atom. The van der Waals surface area contributed by atoms with E-state index in [0.717, 1.165) is 5.56 Å². The Morgan fingerprint density at radius 1 is 0.941 bits per heavy atom. The number of ether oxygens (including phenoxy) is 1. The van der Waals surface area contributed by atoms with Gasteiger partial charge in [-0.2, -0.15) is 0 Å². The smallest absolute Gasteiger partial charge is 0.257 e. The molecule has 3 aromatic rings. The molecule has 2 aromatic carbocycles. The first-order valence-corrected chi connectivity index (χ1v) is 11.2. The zero-order chi connectivity index (χ0) is 24.1. The van der Waals surface area contributed by atoms with Crippen LogP contribution in [0, 0.1) is 12.7 Å². The van der Waals surface area contributed by atoms with Gasteiger partial charge in [-0.05, 0) is 86.7 Å². The van der Waals surface area contributed by atoms with Crippen LogP contribution in [0.1, 0.15) is 52.0 Å². The minimum absolute atomic E-state index is 0.0304. The van der Waals surface area contributed by atoms with Crippen molar-refractivity contribution in [2.75, 3.05) is 0 Å². The van der Waals surface area contributed by atoms with Gasteiger partial charge in [0.1, 0.15) is 22.9 Å². The van der Waals surface area contributed by atoms with Crippen LogP contribution in [0.3, 0.4) is 0 Å². The van der Waals surface area contributed by atoms with Gasteiger partial charge in [-0.25, -0.2) is 9.37 Å². The lowest BCUT2D eigenvalue weighted by atomic mass is 9.90. The van der Waals surface area contributed by atoms with Gasteiger partial charge in [0.05, 0.1) is 5.56 Å². The molecule has 176 valence electrons. The molecule has 1 saturated carbocycles. The lowest BCUT2D eigenvalue weighted by molar-refractivity contribution is 0.0888. The van der Waals surface area contributed by atoms with Crippen LogP contribution in [0.15, 0.2) is 60.8 Å². The molecule has 1 aliphatic carbocycles. The molecular formula is C26H26FN3O4. The van der Waals surface area contributed by atoms with Crippen LogP contribution in [-0.2, 0) is 0 Å². The van der Waals surface area contributed by atoms with Gasteiger partial charge in [-0.3, -0.25) is 9.59 Å². The molecule has 0 saturated heterocycles. The molecule has 7 nitrogen and oxygen atoms in total. The Bertz CT molecular complexity index is 1170. The summed E-state index contributed by atoms with van der Waals surface area (Å²) in [5.74, 6) is -0.497.